The third kappa shape index (κ3) is 4.69. The molecule has 4 rings (SSSR count). The SMILES string of the molecule is COc1ccc(C(NC2CCCCC2N)c2nnnn2C2CCCCC2)cc1[N+](=O)[O-]. The fourth-order valence-corrected chi connectivity index (χ4v) is 4.91. The molecule has 1 heterocycles. The Morgan fingerprint density at radius 1 is 1.19 bits per heavy atom. The Hall–Kier alpha value is -2.59. The number of benzene rings is 1. The molecule has 0 aliphatic heterocycles. The highest BCUT2D eigenvalue weighted by molar-refractivity contribution is 5.50. The molecule has 3 atom stereocenters. The fraction of sp³-hybridized carbons (Fsp3) is 0.667. The molecule has 1 aromatic heterocycles. The molecule has 31 heavy (non-hydrogen) atoms. The van der Waals surface area contributed by atoms with Crippen molar-refractivity contribution in [2.24, 2.45) is 5.73 Å². The highest BCUT2D eigenvalue weighted by atomic mass is 16.6. The van der Waals surface area contributed by atoms with Crippen LogP contribution in [-0.4, -0.2) is 44.3 Å². The monoisotopic (exact) mass is 429 g/mol. The summed E-state index contributed by atoms with van der Waals surface area (Å²) in [5, 5.41) is 28.0. The van der Waals surface area contributed by atoms with E-state index < -0.39 is 11.0 Å². The third-order valence-corrected chi connectivity index (χ3v) is 6.63. The lowest BCUT2D eigenvalue weighted by atomic mass is 9.89. The van der Waals surface area contributed by atoms with Gasteiger partial charge in [0.25, 0.3) is 0 Å². The molecule has 0 bridgehead atoms. The van der Waals surface area contributed by atoms with Gasteiger partial charge in [-0.1, -0.05) is 38.2 Å². The fourth-order valence-electron chi connectivity index (χ4n) is 4.91. The first-order valence-corrected chi connectivity index (χ1v) is 11.2. The number of ether oxygens (including phenoxy) is 1. The van der Waals surface area contributed by atoms with Gasteiger partial charge in [-0.3, -0.25) is 15.4 Å². The number of hydrogen-bond acceptors (Lipinski definition) is 8. The average molecular weight is 430 g/mol. The van der Waals surface area contributed by atoms with Crippen molar-refractivity contribution in [2.45, 2.75) is 82.0 Å². The molecular formula is C21H31N7O3. The largest absolute Gasteiger partial charge is 0.490 e. The van der Waals surface area contributed by atoms with Crippen molar-refractivity contribution in [1.82, 2.24) is 25.5 Å². The standard InChI is InChI=1S/C21H31N7O3/c1-31-19-12-11-14(13-18(19)28(29)30)20(23-17-10-6-5-9-16(17)22)21-24-25-26-27(21)15-7-3-2-4-8-15/h11-13,15-17,20,23H,2-10,22H2,1H3. The molecule has 0 saturated heterocycles. The zero-order valence-electron chi connectivity index (χ0n) is 17.9. The van der Waals surface area contributed by atoms with E-state index in [9.17, 15) is 10.1 Å². The predicted octanol–water partition coefficient (Wildman–Crippen LogP) is 3.04. The van der Waals surface area contributed by atoms with E-state index in [1.54, 1.807) is 12.1 Å². The highest BCUT2D eigenvalue weighted by Crippen LogP contribution is 2.35. The highest BCUT2D eigenvalue weighted by Gasteiger charge is 2.32. The zero-order chi connectivity index (χ0) is 21.8. The van der Waals surface area contributed by atoms with Gasteiger partial charge >= 0.3 is 5.69 Å². The molecule has 2 fully saturated rings. The number of nitrogens with one attached hydrogen (secondary N) is 1. The smallest absolute Gasteiger partial charge is 0.311 e. The number of tetrazole rings is 1. The zero-order valence-corrected chi connectivity index (χ0v) is 17.9. The van der Waals surface area contributed by atoms with Crippen LogP contribution in [0, 0.1) is 10.1 Å². The van der Waals surface area contributed by atoms with Crippen LogP contribution in [0.2, 0.25) is 0 Å². The van der Waals surface area contributed by atoms with E-state index in [1.807, 2.05) is 10.7 Å². The van der Waals surface area contributed by atoms with Gasteiger partial charge in [0.15, 0.2) is 11.6 Å². The van der Waals surface area contributed by atoms with Crippen molar-refractivity contribution in [3.05, 3.63) is 39.7 Å². The van der Waals surface area contributed by atoms with Gasteiger partial charge in [0.2, 0.25) is 0 Å². The summed E-state index contributed by atoms with van der Waals surface area (Å²) in [6, 6.07) is 5.02. The topological polar surface area (TPSA) is 134 Å². The van der Waals surface area contributed by atoms with E-state index in [0.717, 1.165) is 56.9 Å². The quantitative estimate of drug-likeness (QED) is 0.507. The van der Waals surface area contributed by atoms with Crippen molar-refractivity contribution in [3.63, 3.8) is 0 Å². The third-order valence-electron chi connectivity index (χ3n) is 6.63. The molecule has 3 unspecified atom stereocenters. The number of nitro benzene ring substituents is 1. The number of nitro groups is 1. The molecular weight excluding hydrogens is 398 g/mol. The number of aromatic nitrogens is 4. The lowest BCUT2D eigenvalue weighted by Crippen LogP contribution is -2.49. The van der Waals surface area contributed by atoms with Crippen molar-refractivity contribution in [2.75, 3.05) is 7.11 Å². The minimum atomic E-state index is -0.421. The Balaban J connectivity index is 1.73. The Bertz CT molecular complexity index is 897. The maximum absolute atomic E-state index is 11.6. The number of nitrogens with zero attached hydrogens (tertiary/aromatic N) is 5. The first-order chi connectivity index (χ1) is 15.1. The molecule has 0 spiro atoms. The van der Waals surface area contributed by atoms with Gasteiger partial charge in [0, 0.05) is 18.2 Å². The molecule has 2 aliphatic rings. The van der Waals surface area contributed by atoms with Crippen LogP contribution < -0.4 is 15.8 Å². The molecule has 0 radical (unpaired) electrons. The van der Waals surface area contributed by atoms with E-state index in [2.05, 4.69) is 20.8 Å². The van der Waals surface area contributed by atoms with Crippen molar-refractivity contribution < 1.29 is 9.66 Å². The van der Waals surface area contributed by atoms with Crippen LogP contribution in [0.25, 0.3) is 0 Å². The lowest BCUT2D eigenvalue weighted by Gasteiger charge is -2.33. The minimum absolute atomic E-state index is 0.0310. The second-order valence-corrected chi connectivity index (χ2v) is 8.62. The van der Waals surface area contributed by atoms with Gasteiger partial charge in [-0.2, -0.15) is 0 Å². The molecule has 10 heteroatoms. The maximum Gasteiger partial charge on any atom is 0.311 e. The number of hydrogen-bond donors (Lipinski definition) is 2. The molecule has 2 aliphatic carbocycles. The van der Waals surface area contributed by atoms with Crippen LogP contribution in [0.4, 0.5) is 5.69 Å². The van der Waals surface area contributed by atoms with Gasteiger partial charge in [0.05, 0.1) is 24.1 Å². The summed E-state index contributed by atoms with van der Waals surface area (Å²) in [7, 11) is 1.43. The van der Waals surface area contributed by atoms with E-state index in [0.29, 0.717) is 5.82 Å². The van der Waals surface area contributed by atoms with Crippen molar-refractivity contribution >= 4 is 5.69 Å². The summed E-state index contributed by atoms with van der Waals surface area (Å²) in [5.74, 6) is 0.915. The van der Waals surface area contributed by atoms with Crippen molar-refractivity contribution in [3.8, 4) is 5.75 Å². The minimum Gasteiger partial charge on any atom is -0.490 e. The Morgan fingerprint density at radius 2 is 1.94 bits per heavy atom. The second-order valence-electron chi connectivity index (χ2n) is 8.62. The molecule has 10 nitrogen and oxygen atoms in total. The molecule has 2 saturated carbocycles. The first kappa shape index (κ1) is 21.6. The van der Waals surface area contributed by atoms with E-state index in [1.165, 1.54) is 13.5 Å². The summed E-state index contributed by atoms with van der Waals surface area (Å²) in [6.45, 7) is 0. The van der Waals surface area contributed by atoms with Crippen LogP contribution >= 0.6 is 0 Å². The molecule has 168 valence electrons. The molecule has 0 amide bonds. The van der Waals surface area contributed by atoms with Crippen LogP contribution in [0.3, 0.4) is 0 Å². The number of rotatable bonds is 7. The summed E-state index contributed by atoms with van der Waals surface area (Å²) < 4.78 is 7.11. The number of methoxy groups -OCH3 is 1. The maximum atomic E-state index is 11.6. The van der Waals surface area contributed by atoms with Gasteiger partial charge in [-0.25, -0.2) is 4.68 Å². The lowest BCUT2D eigenvalue weighted by molar-refractivity contribution is -0.385. The van der Waals surface area contributed by atoms with Crippen LogP contribution in [-0.2, 0) is 0 Å². The normalized spacial score (nSPS) is 23.4. The molecule has 3 N–H and O–H groups in total. The first-order valence-electron chi connectivity index (χ1n) is 11.2. The van der Waals surface area contributed by atoms with Crippen LogP contribution in [0.15, 0.2) is 18.2 Å². The average Bonchev–Trinajstić information content (AvgIpc) is 3.28. The van der Waals surface area contributed by atoms with E-state index in [-0.39, 0.29) is 29.6 Å². The van der Waals surface area contributed by atoms with Gasteiger partial charge in [0.1, 0.15) is 0 Å². The van der Waals surface area contributed by atoms with E-state index in [4.69, 9.17) is 10.5 Å². The molecule has 2 aromatic rings. The number of nitrogens with two attached hydrogens (primary N) is 1. The summed E-state index contributed by atoms with van der Waals surface area (Å²) in [4.78, 5) is 11.2. The van der Waals surface area contributed by atoms with Crippen molar-refractivity contribution in [1.29, 1.82) is 0 Å². The van der Waals surface area contributed by atoms with Gasteiger partial charge in [-0.05, 0) is 47.7 Å². The van der Waals surface area contributed by atoms with Gasteiger partial charge in [-0.15, -0.1) is 5.10 Å². The van der Waals surface area contributed by atoms with E-state index >= 15 is 0 Å². The Morgan fingerprint density at radius 3 is 2.65 bits per heavy atom. The van der Waals surface area contributed by atoms with Gasteiger partial charge < -0.3 is 10.5 Å². The summed E-state index contributed by atoms with van der Waals surface area (Å²) in [5.41, 5.74) is 7.07. The Kier molecular flexibility index (Phi) is 6.77. The summed E-state index contributed by atoms with van der Waals surface area (Å²) >= 11 is 0. The Labute approximate surface area is 181 Å². The van der Waals surface area contributed by atoms with Crippen LogP contribution in [0.5, 0.6) is 5.75 Å². The predicted molar refractivity (Wildman–Crippen MR) is 115 cm³/mol. The molecule has 1 aromatic carbocycles. The summed E-state index contributed by atoms with van der Waals surface area (Å²) in [6.07, 6.45) is 9.77. The second kappa shape index (κ2) is 9.69. The van der Waals surface area contributed by atoms with Crippen LogP contribution in [0.1, 0.15) is 81.3 Å².